The van der Waals surface area contributed by atoms with Crippen molar-refractivity contribution in [3.63, 3.8) is 0 Å². The maximum absolute atomic E-state index is 10.3. The molecule has 1 aliphatic heterocycles. The van der Waals surface area contributed by atoms with Crippen LogP contribution in [-0.4, -0.2) is 60.8 Å². The monoisotopic (exact) mass is 254 g/mol. The van der Waals surface area contributed by atoms with Gasteiger partial charge in [0.2, 0.25) is 0 Å². The first-order valence-corrected chi connectivity index (χ1v) is 7.72. The van der Waals surface area contributed by atoms with Crippen LogP contribution in [0.15, 0.2) is 0 Å². The summed E-state index contributed by atoms with van der Waals surface area (Å²) in [5.74, 6) is 0.792. The van der Waals surface area contributed by atoms with Crippen molar-refractivity contribution in [1.82, 2.24) is 9.80 Å². The van der Waals surface area contributed by atoms with Crippen LogP contribution in [-0.2, 0) is 0 Å². The predicted octanol–water partition coefficient (Wildman–Crippen LogP) is 1.95. The number of likely N-dealkylation sites (N-methyl/N-ethyl adjacent to an activating group) is 2. The molecular formula is C15H30N2O. The molecule has 0 aromatic carbocycles. The van der Waals surface area contributed by atoms with Crippen LogP contribution in [0.1, 0.15) is 44.9 Å². The zero-order valence-corrected chi connectivity index (χ0v) is 12.1. The lowest BCUT2D eigenvalue weighted by molar-refractivity contribution is 0.0503. The Labute approximate surface area is 112 Å². The van der Waals surface area contributed by atoms with Crippen molar-refractivity contribution in [1.29, 1.82) is 0 Å². The highest BCUT2D eigenvalue weighted by Crippen LogP contribution is 2.28. The van der Waals surface area contributed by atoms with Gasteiger partial charge in [0, 0.05) is 25.7 Å². The molecule has 0 amide bonds. The van der Waals surface area contributed by atoms with Crippen LogP contribution in [0.5, 0.6) is 0 Å². The van der Waals surface area contributed by atoms with E-state index in [4.69, 9.17) is 0 Å². The van der Waals surface area contributed by atoms with Crippen molar-refractivity contribution in [3.8, 4) is 0 Å². The number of nitrogens with zero attached hydrogens (tertiary/aromatic N) is 2. The van der Waals surface area contributed by atoms with Crippen LogP contribution in [0.3, 0.4) is 0 Å². The normalized spacial score (nSPS) is 30.5. The number of hydrogen-bond acceptors (Lipinski definition) is 3. The van der Waals surface area contributed by atoms with E-state index < -0.39 is 0 Å². The number of aliphatic hydroxyl groups excluding tert-OH is 1. The van der Waals surface area contributed by atoms with Crippen molar-refractivity contribution in [2.75, 3.05) is 33.7 Å². The average molecular weight is 254 g/mol. The summed E-state index contributed by atoms with van der Waals surface area (Å²) in [6.07, 6.45) is 8.75. The van der Waals surface area contributed by atoms with E-state index in [-0.39, 0.29) is 6.10 Å². The molecule has 0 aromatic heterocycles. The number of aliphatic hydroxyl groups is 1. The van der Waals surface area contributed by atoms with E-state index in [1.807, 2.05) is 0 Å². The smallest absolute Gasteiger partial charge is 0.0558 e. The summed E-state index contributed by atoms with van der Waals surface area (Å²) in [6.45, 7) is 3.40. The van der Waals surface area contributed by atoms with Gasteiger partial charge < -0.3 is 14.9 Å². The summed E-state index contributed by atoms with van der Waals surface area (Å²) in [5, 5.41) is 10.3. The zero-order valence-electron chi connectivity index (χ0n) is 12.1. The number of hydrogen-bond donors (Lipinski definition) is 1. The summed E-state index contributed by atoms with van der Waals surface area (Å²) >= 11 is 0. The van der Waals surface area contributed by atoms with Gasteiger partial charge >= 0.3 is 0 Å². The predicted molar refractivity (Wildman–Crippen MR) is 75.7 cm³/mol. The van der Waals surface area contributed by atoms with Gasteiger partial charge in [-0.2, -0.15) is 0 Å². The van der Waals surface area contributed by atoms with Gasteiger partial charge in [0.05, 0.1) is 6.10 Å². The van der Waals surface area contributed by atoms with E-state index in [2.05, 4.69) is 23.9 Å². The third-order valence-corrected chi connectivity index (χ3v) is 4.85. The first-order valence-electron chi connectivity index (χ1n) is 7.72. The maximum atomic E-state index is 10.3. The van der Waals surface area contributed by atoms with Crippen molar-refractivity contribution < 1.29 is 5.11 Å². The number of piperazine rings is 1. The fraction of sp³-hybridized carbons (Fsp3) is 1.00. The van der Waals surface area contributed by atoms with Crippen LogP contribution in [0.2, 0.25) is 0 Å². The Bertz CT molecular complexity index is 241. The molecule has 18 heavy (non-hydrogen) atoms. The van der Waals surface area contributed by atoms with E-state index in [0.29, 0.717) is 6.04 Å². The Kier molecular flexibility index (Phi) is 5.46. The third-order valence-electron chi connectivity index (χ3n) is 4.85. The Balaban J connectivity index is 1.73. The fourth-order valence-corrected chi connectivity index (χ4v) is 3.57. The molecule has 2 aliphatic rings. The molecule has 1 saturated heterocycles. The van der Waals surface area contributed by atoms with Crippen LogP contribution in [0.25, 0.3) is 0 Å². The van der Waals surface area contributed by atoms with Gasteiger partial charge in [-0.1, -0.05) is 32.1 Å². The molecule has 0 spiro atoms. The highest BCUT2D eigenvalue weighted by Gasteiger charge is 2.26. The van der Waals surface area contributed by atoms with Crippen molar-refractivity contribution in [3.05, 3.63) is 0 Å². The van der Waals surface area contributed by atoms with Crippen LogP contribution < -0.4 is 0 Å². The van der Waals surface area contributed by atoms with Gasteiger partial charge in [-0.05, 0) is 32.9 Å². The zero-order chi connectivity index (χ0) is 13.0. The summed E-state index contributed by atoms with van der Waals surface area (Å²) in [6, 6.07) is 0.544. The van der Waals surface area contributed by atoms with E-state index in [9.17, 15) is 5.11 Å². The highest BCUT2D eigenvalue weighted by molar-refractivity contribution is 4.82. The maximum Gasteiger partial charge on any atom is 0.0558 e. The molecule has 0 radical (unpaired) electrons. The van der Waals surface area contributed by atoms with Gasteiger partial charge in [0.1, 0.15) is 0 Å². The van der Waals surface area contributed by atoms with Gasteiger partial charge in [0.25, 0.3) is 0 Å². The van der Waals surface area contributed by atoms with Gasteiger partial charge in [0.15, 0.2) is 0 Å². The first-order chi connectivity index (χ1) is 8.65. The molecule has 1 aliphatic carbocycles. The largest absolute Gasteiger partial charge is 0.393 e. The molecule has 3 nitrogen and oxygen atoms in total. The summed E-state index contributed by atoms with van der Waals surface area (Å²) in [4.78, 5) is 4.81. The average Bonchev–Trinajstić information content (AvgIpc) is 2.35. The molecule has 3 heteroatoms. The minimum absolute atomic E-state index is 0.0907. The second-order valence-electron chi connectivity index (χ2n) is 6.53. The van der Waals surface area contributed by atoms with Crippen LogP contribution in [0.4, 0.5) is 0 Å². The molecule has 2 rings (SSSR count). The molecule has 2 atom stereocenters. The van der Waals surface area contributed by atoms with Gasteiger partial charge in [-0.15, -0.1) is 0 Å². The second-order valence-corrected chi connectivity index (χ2v) is 6.53. The lowest BCUT2D eigenvalue weighted by Gasteiger charge is -2.39. The molecule has 2 unspecified atom stereocenters. The van der Waals surface area contributed by atoms with Crippen molar-refractivity contribution in [2.24, 2.45) is 5.92 Å². The Morgan fingerprint density at radius 1 is 1.06 bits per heavy atom. The Morgan fingerprint density at radius 2 is 1.78 bits per heavy atom. The van der Waals surface area contributed by atoms with Crippen LogP contribution >= 0.6 is 0 Å². The molecule has 0 bridgehead atoms. The minimum atomic E-state index is -0.0907. The molecule has 1 N–H and O–H groups in total. The van der Waals surface area contributed by atoms with Gasteiger partial charge in [-0.25, -0.2) is 0 Å². The quantitative estimate of drug-likeness (QED) is 0.831. The summed E-state index contributed by atoms with van der Waals surface area (Å²) in [5.41, 5.74) is 0. The fourth-order valence-electron chi connectivity index (χ4n) is 3.57. The molecule has 1 saturated carbocycles. The molecular weight excluding hydrogens is 224 g/mol. The Hall–Kier alpha value is -0.120. The van der Waals surface area contributed by atoms with Crippen LogP contribution in [0, 0.1) is 5.92 Å². The van der Waals surface area contributed by atoms with E-state index in [0.717, 1.165) is 38.4 Å². The first kappa shape index (κ1) is 14.3. The summed E-state index contributed by atoms with van der Waals surface area (Å²) in [7, 11) is 4.39. The molecule has 106 valence electrons. The second kappa shape index (κ2) is 6.88. The van der Waals surface area contributed by atoms with E-state index >= 15 is 0 Å². The standard InChI is InChI=1S/C15H30N2O/c1-16-8-9-17(2)14(12-16)11-15(18)10-13-6-4-3-5-7-13/h13-15,18H,3-12H2,1-2H3. The third kappa shape index (κ3) is 4.22. The lowest BCUT2D eigenvalue weighted by atomic mass is 9.84. The molecule has 2 fully saturated rings. The molecule has 1 heterocycles. The highest BCUT2D eigenvalue weighted by atomic mass is 16.3. The summed E-state index contributed by atoms with van der Waals surface area (Å²) < 4.78 is 0. The van der Waals surface area contributed by atoms with E-state index in [1.54, 1.807) is 0 Å². The lowest BCUT2D eigenvalue weighted by Crippen LogP contribution is -2.51. The van der Waals surface area contributed by atoms with Crippen molar-refractivity contribution in [2.45, 2.75) is 57.1 Å². The van der Waals surface area contributed by atoms with Gasteiger partial charge in [-0.3, -0.25) is 0 Å². The minimum Gasteiger partial charge on any atom is -0.393 e. The van der Waals surface area contributed by atoms with E-state index in [1.165, 1.54) is 32.1 Å². The number of rotatable bonds is 4. The topological polar surface area (TPSA) is 26.7 Å². The SMILES string of the molecule is CN1CCN(C)C(CC(O)CC2CCCCC2)C1. The van der Waals surface area contributed by atoms with Crippen molar-refractivity contribution >= 4 is 0 Å². The molecule has 0 aromatic rings. The Morgan fingerprint density at radius 3 is 2.50 bits per heavy atom.